The minimum absolute atomic E-state index is 0.0652. The lowest BCUT2D eigenvalue weighted by Crippen LogP contribution is -2.12. The van der Waals surface area contributed by atoms with Gasteiger partial charge in [0.15, 0.2) is 0 Å². The van der Waals surface area contributed by atoms with Crippen LogP contribution in [-0.4, -0.2) is 24.7 Å². The van der Waals surface area contributed by atoms with Crippen LogP contribution in [0.5, 0.6) is 17.2 Å². The molecule has 0 aromatic heterocycles. The van der Waals surface area contributed by atoms with E-state index in [2.05, 4.69) is 0 Å². The number of rotatable bonds is 6. The summed E-state index contributed by atoms with van der Waals surface area (Å²) >= 11 is 0. The Balaban J connectivity index is 2.26. The summed E-state index contributed by atoms with van der Waals surface area (Å²) in [6.45, 7) is 0.116. The number of ether oxygens (including phenoxy) is 2. The van der Waals surface area contributed by atoms with E-state index in [-0.39, 0.29) is 12.4 Å². The standard InChI is InChI=1S/C16H18N2O3/c1-20-13-6-7-14(16(17)18)15(10-13)21-12-4-2-11(3-5-12)8-9-19/h2-7,10,19H,8-9H2,1H3,(H3,17,18). The molecule has 0 unspecified atom stereocenters. The first-order valence-corrected chi connectivity index (χ1v) is 6.54. The van der Waals surface area contributed by atoms with Gasteiger partial charge in [-0.05, 0) is 36.2 Å². The van der Waals surface area contributed by atoms with Crippen molar-refractivity contribution in [1.82, 2.24) is 0 Å². The molecule has 4 N–H and O–H groups in total. The normalized spacial score (nSPS) is 10.2. The molecule has 21 heavy (non-hydrogen) atoms. The van der Waals surface area contributed by atoms with Crippen LogP contribution in [-0.2, 0) is 6.42 Å². The van der Waals surface area contributed by atoms with Crippen LogP contribution in [0.3, 0.4) is 0 Å². The number of nitrogens with two attached hydrogens (primary N) is 1. The molecular weight excluding hydrogens is 268 g/mol. The first-order valence-electron chi connectivity index (χ1n) is 6.54. The van der Waals surface area contributed by atoms with Crippen molar-refractivity contribution in [1.29, 1.82) is 5.41 Å². The maximum absolute atomic E-state index is 8.90. The fourth-order valence-corrected chi connectivity index (χ4v) is 1.92. The van der Waals surface area contributed by atoms with Crippen LogP contribution in [0.4, 0.5) is 0 Å². The topological polar surface area (TPSA) is 88.6 Å². The molecule has 2 aromatic carbocycles. The van der Waals surface area contributed by atoms with Gasteiger partial charge < -0.3 is 20.3 Å². The first kappa shape index (κ1) is 14.9. The summed E-state index contributed by atoms with van der Waals surface area (Å²) in [6.07, 6.45) is 0.609. The molecule has 0 fully saturated rings. The van der Waals surface area contributed by atoms with Crippen molar-refractivity contribution in [2.24, 2.45) is 5.73 Å². The molecule has 5 heteroatoms. The van der Waals surface area contributed by atoms with Gasteiger partial charge in [0, 0.05) is 12.7 Å². The zero-order valence-corrected chi connectivity index (χ0v) is 11.8. The number of methoxy groups -OCH3 is 1. The minimum atomic E-state index is -0.0652. The molecule has 0 atom stereocenters. The Morgan fingerprint density at radius 3 is 2.38 bits per heavy atom. The molecule has 110 valence electrons. The van der Waals surface area contributed by atoms with Gasteiger partial charge in [0.25, 0.3) is 0 Å². The predicted octanol–water partition coefficient (Wildman–Crippen LogP) is 2.31. The van der Waals surface area contributed by atoms with Gasteiger partial charge in [-0.25, -0.2) is 0 Å². The summed E-state index contributed by atoms with van der Waals surface area (Å²) < 4.78 is 10.9. The van der Waals surface area contributed by atoms with E-state index in [0.29, 0.717) is 29.2 Å². The summed E-state index contributed by atoms with van der Waals surface area (Å²) in [7, 11) is 1.57. The van der Waals surface area contributed by atoms with Crippen LogP contribution in [0.1, 0.15) is 11.1 Å². The predicted molar refractivity (Wildman–Crippen MR) is 81.3 cm³/mol. The lowest BCUT2D eigenvalue weighted by Gasteiger charge is -2.12. The fourth-order valence-electron chi connectivity index (χ4n) is 1.92. The van der Waals surface area contributed by atoms with Crippen molar-refractivity contribution in [3.05, 3.63) is 53.6 Å². The number of nitrogens with one attached hydrogen (secondary N) is 1. The van der Waals surface area contributed by atoms with Gasteiger partial charge in [0.1, 0.15) is 23.1 Å². The second-order valence-electron chi connectivity index (χ2n) is 4.50. The second-order valence-corrected chi connectivity index (χ2v) is 4.50. The quantitative estimate of drug-likeness (QED) is 0.561. The van der Waals surface area contributed by atoms with Crippen LogP contribution in [0.15, 0.2) is 42.5 Å². The average Bonchev–Trinajstić information content (AvgIpc) is 2.49. The molecule has 2 aromatic rings. The molecule has 0 amide bonds. The highest BCUT2D eigenvalue weighted by Crippen LogP contribution is 2.29. The summed E-state index contributed by atoms with van der Waals surface area (Å²) in [6, 6.07) is 12.5. The van der Waals surface area contributed by atoms with Crippen LogP contribution in [0.25, 0.3) is 0 Å². The number of aliphatic hydroxyl groups excluding tert-OH is 1. The third kappa shape index (κ3) is 3.73. The average molecular weight is 286 g/mol. The van der Waals surface area contributed by atoms with Gasteiger partial charge in [-0.1, -0.05) is 12.1 Å². The van der Waals surface area contributed by atoms with Crippen molar-refractivity contribution in [2.75, 3.05) is 13.7 Å². The van der Waals surface area contributed by atoms with Crippen molar-refractivity contribution < 1.29 is 14.6 Å². The van der Waals surface area contributed by atoms with Gasteiger partial charge in [-0.3, -0.25) is 5.41 Å². The maximum atomic E-state index is 8.90. The van der Waals surface area contributed by atoms with E-state index in [0.717, 1.165) is 5.56 Å². The van der Waals surface area contributed by atoms with E-state index in [1.165, 1.54) is 0 Å². The monoisotopic (exact) mass is 286 g/mol. The first-order chi connectivity index (χ1) is 10.1. The maximum Gasteiger partial charge on any atom is 0.142 e. The van der Waals surface area contributed by atoms with E-state index in [9.17, 15) is 0 Å². The molecule has 0 aliphatic heterocycles. The highest BCUT2D eigenvalue weighted by molar-refractivity contribution is 5.97. The number of hydrogen-bond donors (Lipinski definition) is 3. The summed E-state index contributed by atoms with van der Waals surface area (Å²) in [5.41, 5.74) is 7.10. The van der Waals surface area contributed by atoms with Crippen LogP contribution < -0.4 is 15.2 Å². The zero-order valence-electron chi connectivity index (χ0n) is 11.8. The third-order valence-electron chi connectivity index (χ3n) is 3.03. The number of aliphatic hydroxyl groups is 1. The van der Waals surface area contributed by atoms with Crippen LogP contribution >= 0.6 is 0 Å². The molecule has 0 radical (unpaired) electrons. The molecule has 0 spiro atoms. The van der Waals surface area contributed by atoms with Crippen molar-refractivity contribution in [3.63, 3.8) is 0 Å². The molecule has 0 aliphatic carbocycles. The molecular formula is C16H18N2O3. The molecule has 5 nitrogen and oxygen atoms in total. The van der Waals surface area contributed by atoms with E-state index < -0.39 is 0 Å². The van der Waals surface area contributed by atoms with Crippen molar-refractivity contribution in [3.8, 4) is 17.2 Å². The number of amidine groups is 1. The molecule has 0 heterocycles. The minimum Gasteiger partial charge on any atom is -0.497 e. The largest absolute Gasteiger partial charge is 0.497 e. The molecule has 0 bridgehead atoms. The van der Waals surface area contributed by atoms with Gasteiger partial charge in [-0.2, -0.15) is 0 Å². The van der Waals surface area contributed by atoms with Crippen LogP contribution in [0.2, 0.25) is 0 Å². The lowest BCUT2D eigenvalue weighted by molar-refractivity contribution is 0.299. The highest BCUT2D eigenvalue weighted by Gasteiger charge is 2.09. The molecule has 2 rings (SSSR count). The smallest absolute Gasteiger partial charge is 0.142 e. The Morgan fingerprint density at radius 2 is 1.81 bits per heavy atom. The van der Waals surface area contributed by atoms with Gasteiger partial charge >= 0.3 is 0 Å². The fraction of sp³-hybridized carbons (Fsp3) is 0.188. The third-order valence-corrected chi connectivity index (χ3v) is 3.03. The van der Waals surface area contributed by atoms with E-state index in [4.69, 9.17) is 25.7 Å². The van der Waals surface area contributed by atoms with Crippen LogP contribution in [0, 0.1) is 5.41 Å². The van der Waals surface area contributed by atoms with E-state index in [1.807, 2.05) is 24.3 Å². The highest BCUT2D eigenvalue weighted by atomic mass is 16.5. The Hall–Kier alpha value is -2.53. The zero-order chi connectivity index (χ0) is 15.2. The number of nitrogen functional groups attached to an aromatic ring is 1. The van der Waals surface area contributed by atoms with E-state index >= 15 is 0 Å². The lowest BCUT2D eigenvalue weighted by atomic mass is 10.1. The molecule has 0 aliphatic rings. The summed E-state index contributed by atoms with van der Waals surface area (Å²) in [5, 5.41) is 16.5. The Kier molecular flexibility index (Phi) is 4.79. The summed E-state index contributed by atoms with van der Waals surface area (Å²) in [4.78, 5) is 0. The Labute approximate surface area is 123 Å². The van der Waals surface area contributed by atoms with Crippen molar-refractivity contribution in [2.45, 2.75) is 6.42 Å². The molecule has 0 saturated heterocycles. The van der Waals surface area contributed by atoms with Crippen molar-refractivity contribution >= 4 is 5.84 Å². The van der Waals surface area contributed by atoms with Gasteiger partial charge in [-0.15, -0.1) is 0 Å². The molecule has 0 saturated carbocycles. The van der Waals surface area contributed by atoms with Gasteiger partial charge in [0.05, 0.1) is 12.7 Å². The second kappa shape index (κ2) is 6.76. The summed E-state index contributed by atoms with van der Waals surface area (Å²) in [5.74, 6) is 1.67. The Bertz CT molecular complexity index is 624. The van der Waals surface area contributed by atoms with Gasteiger partial charge in [0.2, 0.25) is 0 Å². The SMILES string of the molecule is COc1ccc(C(=N)N)c(Oc2ccc(CCO)cc2)c1. The number of benzene rings is 2. The Morgan fingerprint density at radius 1 is 1.14 bits per heavy atom. The van der Waals surface area contributed by atoms with E-state index in [1.54, 1.807) is 25.3 Å². The number of hydrogen-bond acceptors (Lipinski definition) is 4.